The smallest absolute Gasteiger partial charge is 0.260 e. The Morgan fingerprint density at radius 2 is 2.39 bits per heavy atom. The van der Waals surface area contributed by atoms with Gasteiger partial charge in [0.2, 0.25) is 0 Å². The maximum Gasteiger partial charge on any atom is 0.260 e. The van der Waals surface area contributed by atoms with E-state index in [1.807, 2.05) is 0 Å². The minimum absolute atomic E-state index is 0.0683. The molecule has 1 amide bonds. The van der Waals surface area contributed by atoms with Crippen molar-refractivity contribution in [2.45, 2.75) is 18.6 Å². The van der Waals surface area contributed by atoms with Crippen LogP contribution in [0.4, 0.5) is 0 Å². The summed E-state index contributed by atoms with van der Waals surface area (Å²) in [4.78, 5) is 25.7. The summed E-state index contributed by atoms with van der Waals surface area (Å²) in [6.07, 6.45) is 1.05. The third kappa shape index (κ3) is 2.90. The average Bonchev–Trinajstić information content (AvgIpc) is 2.35. The number of ether oxygens (including phenoxy) is 1. The van der Waals surface area contributed by atoms with E-state index in [1.54, 1.807) is 0 Å². The van der Waals surface area contributed by atoms with Gasteiger partial charge in [0.15, 0.2) is 0 Å². The summed E-state index contributed by atoms with van der Waals surface area (Å²) in [5.74, 6) is -0.551. The van der Waals surface area contributed by atoms with E-state index in [4.69, 9.17) is 16.3 Å². The van der Waals surface area contributed by atoms with Crippen LogP contribution in [0.2, 0.25) is 5.02 Å². The second-order valence-corrected chi connectivity index (χ2v) is 4.51. The molecular weight excluding hydrogens is 260 g/mol. The van der Waals surface area contributed by atoms with Crippen LogP contribution in [0.15, 0.2) is 17.1 Å². The minimum atomic E-state index is -0.763. The molecule has 3 N–H and O–H groups in total. The van der Waals surface area contributed by atoms with Gasteiger partial charge in [-0.2, -0.15) is 0 Å². The maximum absolute atomic E-state index is 11.9. The third-order valence-electron chi connectivity index (χ3n) is 2.76. The molecule has 0 spiro atoms. The van der Waals surface area contributed by atoms with E-state index in [9.17, 15) is 14.7 Å². The SMILES string of the molecule is O=C(N[C@H]1CCOC[C@@H]1O)c1cc(Cl)c[nH]c1=O. The van der Waals surface area contributed by atoms with E-state index in [1.165, 1.54) is 12.3 Å². The topological polar surface area (TPSA) is 91.4 Å². The predicted octanol–water partition coefficient (Wildman–Crippen LogP) is -0.0921. The number of carbonyl (C=O) groups excluding carboxylic acids is 1. The van der Waals surface area contributed by atoms with Crippen molar-refractivity contribution in [1.29, 1.82) is 0 Å². The minimum Gasteiger partial charge on any atom is -0.389 e. The van der Waals surface area contributed by atoms with Crippen LogP contribution in [0, 0.1) is 0 Å². The standard InChI is InChI=1S/C11H13ClN2O4/c12-6-3-7(10(16)13-4-6)11(17)14-8-1-2-18-5-9(8)15/h3-4,8-9,15H,1-2,5H2,(H,13,16)(H,14,17)/t8-,9-/m0/s1. The molecule has 0 aromatic carbocycles. The highest BCUT2D eigenvalue weighted by Crippen LogP contribution is 2.09. The number of pyridine rings is 1. The van der Waals surface area contributed by atoms with Crippen molar-refractivity contribution in [3.8, 4) is 0 Å². The molecule has 18 heavy (non-hydrogen) atoms. The van der Waals surface area contributed by atoms with Crippen molar-refractivity contribution in [3.05, 3.63) is 33.2 Å². The van der Waals surface area contributed by atoms with E-state index in [0.29, 0.717) is 13.0 Å². The fraction of sp³-hybridized carbons (Fsp3) is 0.455. The number of aromatic amines is 1. The molecule has 0 aliphatic carbocycles. The monoisotopic (exact) mass is 272 g/mol. The summed E-state index contributed by atoms with van der Waals surface area (Å²) in [5, 5.41) is 12.5. The number of carbonyl (C=O) groups is 1. The quantitative estimate of drug-likeness (QED) is 0.702. The molecule has 1 aromatic heterocycles. The van der Waals surface area contributed by atoms with Crippen LogP contribution in [-0.4, -0.2) is 41.4 Å². The summed E-state index contributed by atoms with van der Waals surface area (Å²) >= 11 is 5.71. The number of nitrogens with one attached hydrogen (secondary N) is 2. The zero-order valence-corrected chi connectivity index (χ0v) is 10.2. The first kappa shape index (κ1) is 13.1. The highest BCUT2D eigenvalue weighted by molar-refractivity contribution is 6.30. The zero-order chi connectivity index (χ0) is 13.1. The molecule has 7 heteroatoms. The molecule has 6 nitrogen and oxygen atoms in total. The number of rotatable bonds is 2. The van der Waals surface area contributed by atoms with Crippen LogP contribution >= 0.6 is 11.6 Å². The number of hydrogen-bond donors (Lipinski definition) is 3. The van der Waals surface area contributed by atoms with Crippen LogP contribution in [-0.2, 0) is 4.74 Å². The Labute approximate surface area is 108 Å². The van der Waals surface area contributed by atoms with Crippen LogP contribution < -0.4 is 10.9 Å². The van der Waals surface area contributed by atoms with Gasteiger partial charge in [-0.25, -0.2) is 0 Å². The lowest BCUT2D eigenvalue weighted by molar-refractivity contribution is -0.0261. The van der Waals surface area contributed by atoms with Gasteiger partial charge in [0.25, 0.3) is 11.5 Å². The Bertz CT molecular complexity index is 502. The first-order valence-electron chi connectivity index (χ1n) is 5.53. The van der Waals surface area contributed by atoms with Gasteiger partial charge in [0.1, 0.15) is 5.56 Å². The first-order chi connectivity index (χ1) is 8.58. The van der Waals surface area contributed by atoms with E-state index in [-0.39, 0.29) is 17.2 Å². The molecule has 1 aliphatic rings. The van der Waals surface area contributed by atoms with Crippen LogP contribution in [0.25, 0.3) is 0 Å². The summed E-state index contributed by atoms with van der Waals surface area (Å²) in [6.45, 7) is 0.644. The fourth-order valence-electron chi connectivity index (χ4n) is 1.76. The summed E-state index contributed by atoms with van der Waals surface area (Å²) in [6, 6.07) is 0.881. The van der Waals surface area contributed by atoms with Crippen LogP contribution in [0.5, 0.6) is 0 Å². The Morgan fingerprint density at radius 1 is 1.61 bits per heavy atom. The number of halogens is 1. The molecule has 0 radical (unpaired) electrons. The van der Waals surface area contributed by atoms with E-state index < -0.39 is 23.6 Å². The summed E-state index contributed by atoms with van der Waals surface area (Å²) in [5.41, 5.74) is -0.584. The van der Waals surface area contributed by atoms with Gasteiger partial charge in [-0.1, -0.05) is 11.6 Å². The van der Waals surface area contributed by atoms with Crippen molar-refractivity contribution >= 4 is 17.5 Å². The summed E-state index contributed by atoms with van der Waals surface area (Å²) in [7, 11) is 0. The predicted molar refractivity (Wildman–Crippen MR) is 64.8 cm³/mol. The molecule has 0 bridgehead atoms. The van der Waals surface area contributed by atoms with Gasteiger partial charge < -0.3 is 20.1 Å². The molecule has 1 aromatic rings. The first-order valence-corrected chi connectivity index (χ1v) is 5.90. The molecule has 2 atom stereocenters. The molecule has 1 fully saturated rings. The van der Waals surface area contributed by atoms with Gasteiger partial charge in [0, 0.05) is 12.8 Å². The molecule has 1 saturated heterocycles. The molecular formula is C11H13ClN2O4. The second kappa shape index (κ2) is 5.51. The molecule has 1 aliphatic heterocycles. The Hall–Kier alpha value is -1.37. The van der Waals surface area contributed by atoms with E-state index in [2.05, 4.69) is 10.3 Å². The Balaban J connectivity index is 2.11. The number of aliphatic hydroxyl groups is 1. The van der Waals surface area contributed by atoms with Gasteiger partial charge in [-0.05, 0) is 12.5 Å². The van der Waals surface area contributed by atoms with Crippen LogP contribution in [0.1, 0.15) is 16.8 Å². The van der Waals surface area contributed by atoms with Gasteiger partial charge >= 0.3 is 0 Å². The van der Waals surface area contributed by atoms with E-state index in [0.717, 1.165) is 0 Å². The lowest BCUT2D eigenvalue weighted by Crippen LogP contribution is -2.49. The van der Waals surface area contributed by atoms with Gasteiger partial charge in [-0.3, -0.25) is 9.59 Å². The fourth-order valence-corrected chi connectivity index (χ4v) is 1.93. The molecule has 0 unspecified atom stereocenters. The lowest BCUT2D eigenvalue weighted by atomic mass is 10.1. The van der Waals surface area contributed by atoms with Gasteiger partial charge in [-0.15, -0.1) is 0 Å². The number of aromatic nitrogens is 1. The Morgan fingerprint density at radius 3 is 3.11 bits per heavy atom. The molecule has 98 valence electrons. The molecule has 2 heterocycles. The number of amides is 1. The molecule has 0 saturated carbocycles. The second-order valence-electron chi connectivity index (χ2n) is 4.07. The number of hydrogen-bond acceptors (Lipinski definition) is 4. The van der Waals surface area contributed by atoms with Crippen LogP contribution in [0.3, 0.4) is 0 Å². The van der Waals surface area contributed by atoms with Gasteiger partial charge in [0.05, 0.1) is 23.8 Å². The van der Waals surface area contributed by atoms with E-state index >= 15 is 0 Å². The van der Waals surface area contributed by atoms with Crippen molar-refractivity contribution in [3.63, 3.8) is 0 Å². The van der Waals surface area contributed by atoms with Crippen molar-refractivity contribution < 1.29 is 14.6 Å². The number of H-pyrrole nitrogens is 1. The van der Waals surface area contributed by atoms with Crippen molar-refractivity contribution in [1.82, 2.24) is 10.3 Å². The average molecular weight is 273 g/mol. The van der Waals surface area contributed by atoms with Crippen molar-refractivity contribution in [2.75, 3.05) is 13.2 Å². The lowest BCUT2D eigenvalue weighted by Gasteiger charge is -2.28. The third-order valence-corrected chi connectivity index (χ3v) is 2.97. The highest BCUT2D eigenvalue weighted by atomic mass is 35.5. The highest BCUT2D eigenvalue weighted by Gasteiger charge is 2.26. The van der Waals surface area contributed by atoms with Crippen molar-refractivity contribution in [2.24, 2.45) is 0 Å². The Kier molecular flexibility index (Phi) is 4.00. The summed E-state index contributed by atoms with van der Waals surface area (Å²) < 4.78 is 5.05. The molecule has 2 rings (SSSR count). The largest absolute Gasteiger partial charge is 0.389 e. The maximum atomic E-state index is 11.9. The number of aliphatic hydroxyl groups excluding tert-OH is 1. The zero-order valence-electron chi connectivity index (χ0n) is 9.48. The normalized spacial score (nSPS) is 23.7.